The number of hydrogen-bond donors (Lipinski definition) is 1. The van der Waals surface area contributed by atoms with Gasteiger partial charge in [-0.3, -0.25) is 9.58 Å². The summed E-state index contributed by atoms with van der Waals surface area (Å²) in [6.45, 7) is 6.45. The SMILES string of the molecule is CC(C)n1ccc(CN2CCOC(C(=O)O)C2)n1. The molecule has 1 aliphatic rings. The van der Waals surface area contributed by atoms with Crippen molar-refractivity contribution in [3.63, 3.8) is 0 Å². The Morgan fingerprint density at radius 2 is 2.44 bits per heavy atom. The number of hydrogen-bond acceptors (Lipinski definition) is 4. The smallest absolute Gasteiger partial charge is 0.334 e. The number of morpholine rings is 1. The van der Waals surface area contributed by atoms with Gasteiger partial charge in [-0.1, -0.05) is 0 Å². The highest BCUT2D eigenvalue weighted by atomic mass is 16.5. The van der Waals surface area contributed by atoms with E-state index in [0.29, 0.717) is 25.7 Å². The van der Waals surface area contributed by atoms with E-state index in [4.69, 9.17) is 9.84 Å². The third kappa shape index (κ3) is 3.08. The number of aromatic nitrogens is 2. The molecule has 1 aliphatic heterocycles. The first-order valence-electron chi connectivity index (χ1n) is 6.17. The molecule has 0 saturated carbocycles. The molecule has 1 aromatic heterocycles. The second-order valence-corrected chi connectivity index (χ2v) is 4.81. The lowest BCUT2D eigenvalue weighted by molar-refractivity contribution is -0.156. The van der Waals surface area contributed by atoms with Crippen LogP contribution in [0.25, 0.3) is 0 Å². The van der Waals surface area contributed by atoms with Crippen molar-refractivity contribution in [3.8, 4) is 0 Å². The maximum Gasteiger partial charge on any atom is 0.334 e. The number of carboxylic acid groups (broad SMARTS) is 1. The Hall–Kier alpha value is -1.40. The lowest BCUT2D eigenvalue weighted by atomic mass is 10.2. The highest BCUT2D eigenvalue weighted by Gasteiger charge is 2.26. The van der Waals surface area contributed by atoms with E-state index < -0.39 is 12.1 Å². The number of aliphatic carboxylic acids is 1. The summed E-state index contributed by atoms with van der Waals surface area (Å²) in [6.07, 6.45) is 1.24. The topological polar surface area (TPSA) is 67.6 Å². The zero-order valence-electron chi connectivity index (χ0n) is 10.7. The number of rotatable bonds is 4. The first-order valence-corrected chi connectivity index (χ1v) is 6.17. The number of ether oxygens (including phenoxy) is 1. The van der Waals surface area contributed by atoms with E-state index in [1.165, 1.54) is 0 Å². The fourth-order valence-corrected chi connectivity index (χ4v) is 1.97. The van der Waals surface area contributed by atoms with Gasteiger partial charge in [0.1, 0.15) is 0 Å². The third-order valence-corrected chi connectivity index (χ3v) is 3.00. The van der Waals surface area contributed by atoms with Gasteiger partial charge in [-0.2, -0.15) is 5.10 Å². The molecule has 6 nitrogen and oxygen atoms in total. The molecule has 2 rings (SSSR count). The molecule has 0 amide bonds. The zero-order valence-corrected chi connectivity index (χ0v) is 10.7. The van der Waals surface area contributed by atoms with E-state index in [9.17, 15) is 4.79 Å². The van der Waals surface area contributed by atoms with Crippen molar-refractivity contribution in [2.75, 3.05) is 19.7 Å². The fraction of sp³-hybridized carbons (Fsp3) is 0.667. The van der Waals surface area contributed by atoms with Crippen LogP contribution in [0.3, 0.4) is 0 Å². The molecule has 1 unspecified atom stereocenters. The van der Waals surface area contributed by atoms with Gasteiger partial charge in [0.05, 0.1) is 12.3 Å². The Kier molecular flexibility index (Phi) is 3.98. The summed E-state index contributed by atoms with van der Waals surface area (Å²) in [7, 11) is 0. The van der Waals surface area contributed by atoms with Crippen LogP contribution in [0.4, 0.5) is 0 Å². The van der Waals surface area contributed by atoms with Gasteiger partial charge in [-0.05, 0) is 19.9 Å². The van der Waals surface area contributed by atoms with E-state index in [0.717, 1.165) is 12.2 Å². The minimum atomic E-state index is -0.896. The van der Waals surface area contributed by atoms with Gasteiger partial charge in [0.15, 0.2) is 6.10 Å². The number of carbonyl (C=O) groups is 1. The summed E-state index contributed by atoms with van der Waals surface area (Å²) in [5.74, 6) is -0.896. The standard InChI is InChI=1S/C12H19N3O3/c1-9(2)15-4-3-10(13-15)7-14-5-6-18-11(8-14)12(16)17/h3-4,9,11H,5-8H2,1-2H3,(H,16,17). The monoisotopic (exact) mass is 253 g/mol. The normalized spacial score (nSPS) is 21.4. The van der Waals surface area contributed by atoms with Crippen LogP contribution in [0.2, 0.25) is 0 Å². The van der Waals surface area contributed by atoms with Gasteiger partial charge >= 0.3 is 5.97 Å². The molecule has 1 aromatic rings. The van der Waals surface area contributed by atoms with Crippen LogP contribution < -0.4 is 0 Å². The van der Waals surface area contributed by atoms with E-state index in [1.54, 1.807) is 0 Å². The molecule has 18 heavy (non-hydrogen) atoms. The van der Waals surface area contributed by atoms with Crippen LogP contribution in [-0.2, 0) is 16.1 Å². The maximum atomic E-state index is 10.9. The predicted octanol–water partition coefficient (Wildman–Crippen LogP) is 0.749. The molecular formula is C12H19N3O3. The van der Waals surface area contributed by atoms with Gasteiger partial charge < -0.3 is 9.84 Å². The molecule has 1 fully saturated rings. The van der Waals surface area contributed by atoms with E-state index in [1.807, 2.05) is 16.9 Å². The van der Waals surface area contributed by atoms with E-state index in [2.05, 4.69) is 23.8 Å². The van der Waals surface area contributed by atoms with Crippen LogP contribution >= 0.6 is 0 Å². The minimum absolute atomic E-state index is 0.343. The van der Waals surface area contributed by atoms with E-state index >= 15 is 0 Å². The highest BCUT2D eigenvalue weighted by Crippen LogP contribution is 2.11. The highest BCUT2D eigenvalue weighted by molar-refractivity contribution is 5.72. The molecule has 0 spiro atoms. The fourth-order valence-electron chi connectivity index (χ4n) is 1.97. The summed E-state index contributed by atoms with van der Waals surface area (Å²) in [5.41, 5.74) is 0.967. The quantitative estimate of drug-likeness (QED) is 0.857. The summed E-state index contributed by atoms with van der Waals surface area (Å²) < 4.78 is 7.09. The van der Waals surface area contributed by atoms with E-state index in [-0.39, 0.29) is 0 Å². The van der Waals surface area contributed by atoms with Crippen molar-refractivity contribution in [1.82, 2.24) is 14.7 Å². The largest absolute Gasteiger partial charge is 0.479 e. The summed E-state index contributed by atoms with van der Waals surface area (Å²) in [5, 5.41) is 13.4. The molecule has 0 aliphatic carbocycles. The Labute approximate surface area is 106 Å². The molecule has 1 atom stereocenters. The lowest BCUT2D eigenvalue weighted by Crippen LogP contribution is -2.45. The Bertz CT molecular complexity index is 416. The zero-order chi connectivity index (χ0) is 13.1. The van der Waals surface area contributed by atoms with Crippen LogP contribution in [-0.4, -0.2) is 51.6 Å². The molecule has 0 aromatic carbocycles. The summed E-state index contributed by atoms with van der Waals surface area (Å²) >= 11 is 0. The van der Waals surface area contributed by atoms with Gasteiger partial charge in [-0.25, -0.2) is 4.79 Å². The van der Waals surface area contributed by atoms with Gasteiger partial charge in [0.25, 0.3) is 0 Å². The molecular weight excluding hydrogens is 234 g/mol. The molecule has 1 saturated heterocycles. The number of nitrogens with zero attached hydrogens (tertiary/aromatic N) is 3. The van der Waals surface area contributed by atoms with Crippen LogP contribution in [0.1, 0.15) is 25.6 Å². The third-order valence-electron chi connectivity index (χ3n) is 3.00. The first kappa shape index (κ1) is 13.0. The first-order chi connectivity index (χ1) is 8.56. The van der Waals surface area contributed by atoms with Crippen molar-refractivity contribution in [3.05, 3.63) is 18.0 Å². The van der Waals surface area contributed by atoms with Gasteiger partial charge in [0.2, 0.25) is 0 Å². The Morgan fingerprint density at radius 1 is 1.67 bits per heavy atom. The Morgan fingerprint density at radius 3 is 3.06 bits per heavy atom. The van der Waals surface area contributed by atoms with Crippen molar-refractivity contribution in [1.29, 1.82) is 0 Å². The summed E-state index contributed by atoms with van der Waals surface area (Å²) in [4.78, 5) is 12.9. The predicted molar refractivity (Wildman–Crippen MR) is 65.3 cm³/mol. The molecule has 2 heterocycles. The van der Waals surface area contributed by atoms with Gasteiger partial charge in [-0.15, -0.1) is 0 Å². The summed E-state index contributed by atoms with van der Waals surface area (Å²) in [6, 6.07) is 2.32. The molecule has 6 heteroatoms. The van der Waals surface area contributed by atoms with Gasteiger partial charge in [0, 0.05) is 31.9 Å². The lowest BCUT2D eigenvalue weighted by Gasteiger charge is -2.30. The molecule has 0 bridgehead atoms. The van der Waals surface area contributed by atoms with Crippen molar-refractivity contribution in [2.45, 2.75) is 32.5 Å². The Balaban J connectivity index is 1.94. The van der Waals surface area contributed by atoms with Crippen LogP contribution in [0.15, 0.2) is 12.3 Å². The maximum absolute atomic E-state index is 10.9. The average molecular weight is 253 g/mol. The van der Waals surface area contributed by atoms with Crippen molar-refractivity contribution >= 4 is 5.97 Å². The average Bonchev–Trinajstić information content (AvgIpc) is 2.78. The molecule has 1 N–H and O–H groups in total. The molecule has 0 radical (unpaired) electrons. The minimum Gasteiger partial charge on any atom is -0.479 e. The second-order valence-electron chi connectivity index (χ2n) is 4.81. The van der Waals surface area contributed by atoms with Crippen molar-refractivity contribution < 1.29 is 14.6 Å². The second kappa shape index (κ2) is 5.49. The molecule has 100 valence electrons. The number of carboxylic acids is 1. The van der Waals surface area contributed by atoms with Crippen LogP contribution in [0, 0.1) is 0 Å². The van der Waals surface area contributed by atoms with Crippen LogP contribution in [0.5, 0.6) is 0 Å². The van der Waals surface area contributed by atoms with Crippen molar-refractivity contribution in [2.24, 2.45) is 0 Å².